The van der Waals surface area contributed by atoms with Gasteiger partial charge in [0, 0.05) is 12.6 Å². The first-order valence-corrected chi connectivity index (χ1v) is 7.46. The number of ether oxygens (including phenoxy) is 1. The van der Waals surface area contributed by atoms with Gasteiger partial charge in [0.25, 0.3) is 0 Å². The maximum absolute atomic E-state index is 13.1. The summed E-state index contributed by atoms with van der Waals surface area (Å²) in [6, 6.07) is 5.54. The molecule has 1 fully saturated rings. The van der Waals surface area contributed by atoms with Gasteiger partial charge in [0.2, 0.25) is 0 Å². The molecule has 0 saturated heterocycles. The molecule has 2 nitrogen and oxygen atoms in total. The molecule has 1 unspecified atom stereocenters. The molecule has 2 aliphatic rings. The van der Waals surface area contributed by atoms with E-state index in [2.05, 4.69) is 5.32 Å². The monoisotopic (exact) mass is 263 g/mol. The predicted molar refractivity (Wildman–Crippen MR) is 73.7 cm³/mol. The van der Waals surface area contributed by atoms with Crippen molar-refractivity contribution in [3.8, 4) is 0 Å². The maximum Gasteiger partial charge on any atom is 0.123 e. The van der Waals surface area contributed by atoms with Crippen molar-refractivity contribution in [2.24, 2.45) is 0 Å². The van der Waals surface area contributed by atoms with E-state index in [1.165, 1.54) is 31.2 Å². The Kier molecular flexibility index (Phi) is 4.14. The smallest absolute Gasteiger partial charge is 0.123 e. The van der Waals surface area contributed by atoms with Crippen molar-refractivity contribution in [2.45, 2.75) is 50.7 Å². The molecule has 2 aliphatic carbocycles. The van der Waals surface area contributed by atoms with Gasteiger partial charge in [0.15, 0.2) is 0 Å². The second kappa shape index (κ2) is 6.02. The minimum absolute atomic E-state index is 0.121. The second-order valence-electron chi connectivity index (χ2n) is 5.67. The van der Waals surface area contributed by atoms with Crippen LogP contribution in [-0.4, -0.2) is 19.3 Å². The standard InChI is InChI=1S/C16H22FNO/c17-13-6-7-15-12(11-13)5-8-16(15)18-9-10-19-14-3-1-2-4-14/h6-7,11,14,16,18H,1-5,8-10H2. The average molecular weight is 263 g/mol. The molecular weight excluding hydrogens is 241 g/mol. The Morgan fingerprint density at radius 3 is 2.89 bits per heavy atom. The summed E-state index contributed by atoms with van der Waals surface area (Å²) in [5.74, 6) is -0.121. The van der Waals surface area contributed by atoms with E-state index < -0.39 is 0 Å². The molecule has 1 aromatic carbocycles. The molecule has 3 heteroatoms. The minimum Gasteiger partial charge on any atom is -0.377 e. The quantitative estimate of drug-likeness (QED) is 0.822. The van der Waals surface area contributed by atoms with Crippen molar-refractivity contribution < 1.29 is 9.13 Å². The van der Waals surface area contributed by atoms with E-state index in [4.69, 9.17) is 4.74 Å². The van der Waals surface area contributed by atoms with Crippen molar-refractivity contribution in [3.63, 3.8) is 0 Å². The molecule has 0 bridgehead atoms. The van der Waals surface area contributed by atoms with E-state index in [1.54, 1.807) is 12.1 Å². The van der Waals surface area contributed by atoms with Gasteiger partial charge in [-0.2, -0.15) is 0 Å². The van der Waals surface area contributed by atoms with Crippen LogP contribution in [0.2, 0.25) is 0 Å². The molecule has 0 spiro atoms. The summed E-state index contributed by atoms with van der Waals surface area (Å²) in [7, 11) is 0. The molecule has 1 N–H and O–H groups in total. The van der Waals surface area contributed by atoms with E-state index in [0.29, 0.717) is 12.1 Å². The van der Waals surface area contributed by atoms with Crippen LogP contribution in [0, 0.1) is 5.82 Å². The lowest BCUT2D eigenvalue weighted by molar-refractivity contribution is 0.0591. The zero-order valence-corrected chi connectivity index (χ0v) is 11.3. The summed E-state index contributed by atoms with van der Waals surface area (Å²) in [6.07, 6.45) is 7.64. The van der Waals surface area contributed by atoms with Crippen LogP contribution in [0.3, 0.4) is 0 Å². The molecule has 0 radical (unpaired) electrons. The number of hydrogen-bond acceptors (Lipinski definition) is 2. The zero-order valence-electron chi connectivity index (χ0n) is 11.3. The average Bonchev–Trinajstić information content (AvgIpc) is 3.03. The van der Waals surface area contributed by atoms with Gasteiger partial charge in [0.1, 0.15) is 5.82 Å². The molecule has 104 valence electrons. The highest BCUT2D eigenvalue weighted by molar-refractivity contribution is 5.34. The Labute approximate surface area is 114 Å². The fraction of sp³-hybridized carbons (Fsp3) is 0.625. The number of rotatable bonds is 5. The molecule has 1 atom stereocenters. The highest BCUT2D eigenvalue weighted by atomic mass is 19.1. The Hall–Kier alpha value is -0.930. The van der Waals surface area contributed by atoms with Crippen molar-refractivity contribution in [3.05, 3.63) is 35.1 Å². The van der Waals surface area contributed by atoms with Gasteiger partial charge >= 0.3 is 0 Å². The number of halogens is 1. The van der Waals surface area contributed by atoms with Gasteiger partial charge in [0.05, 0.1) is 12.7 Å². The number of hydrogen-bond donors (Lipinski definition) is 1. The minimum atomic E-state index is -0.121. The fourth-order valence-electron chi connectivity index (χ4n) is 3.31. The lowest BCUT2D eigenvalue weighted by Gasteiger charge is -2.16. The van der Waals surface area contributed by atoms with Gasteiger partial charge in [-0.05, 0) is 48.9 Å². The van der Waals surface area contributed by atoms with E-state index in [9.17, 15) is 4.39 Å². The molecule has 0 heterocycles. The molecule has 1 saturated carbocycles. The molecule has 0 aliphatic heterocycles. The van der Waals surface area contributed by atoms with Crippen molar-refractivity contribution in [2.75, 3.05) is 13.2 Å². The number of benzene rings is 1. The molecule has 0 aromatic heterocycles. The normalized spacial score (nSPS) is 22.9. The van der Waals surface area contributed by atoms with E-state index in [-0.39, 0.29) is 5.82 Å². The van der Waals surface area contributed by atoms with Crippen LogP contribution >= 0.6 is 0 Å². The summed E-state index contributed by atoms with van der Waals surface area (Å²) < 4.78 is 19.0. The topological polar surface area (TPSA) is 21.3 Å². The van der Waals surface area contributed by atoms with Crippen LogP contribution in [0.15, 0.2) is 18.2 Å². The van der Waals surface area contributed by atoms with Gasteiger partial charge in [-0.1, -0.05) is 18.9 Å². The Bertz CT molecular complexity index is 429. The number of fused-ring (bicyclic) bond motifs is 1. The molecular formula is C16H22FNO. The molecule has 19 heavy (non-hydrogen) atoms. The van der Waals surface area contributed by atoms with Crippen LogP contribution < -0.4 is 5.32 Å². The Morgan fingerprint density at radius 2 is 2.05 bits per heavy atom. The highest BCUT2D eigenvalue weighted by Gasteiger charge is 2.22. The SMILES string of the molecule is Fc1ccc2c(c1)CCC2NCCOC1CCCC1. The van der Waals surface area contributed by atoms with Crippen LogP contribution in [0.1, 0.15) is 49.3 Å². The Balaban J connectivity index is 1.44. The van der Waals surface area contributed by atoms with E-state index in [0.717, 1.165) is 31.6 Å². The first-order valence-electron chi connectivity index (χ1n) is 7.46. The largest absolute Gasteiger partial charge is 0.377 e. The highest BCUT2D eigenvalue weighted by Crippen LogP contribution is 2.31. The molecule has 1 aromatic rings. The lowest BCUT2D eigenvalue weighted by atomic mass is 10.1. The van der Waals surface area contributed by atoms with Crippen LogP contribution in [0.5, 0.6) is 0 Å². The number of aryl methyl sites for hydroxylation is 1. The van der Waals surface area contributed by atoms with Crippen LogP contribution in [0.4, 0.5) is 4.39 Å². The lowest BCUT2D eigenvalue weighted by Crippen LogP contribution is -2.25. The fourth-order valence-corrected chi connectivity index (χ4v) is 3.31. The molecule has 3 rings (SSSR count). The molecule has 0 amide bonds. The summed E-state index contributed by atoms with van der Waals surface area (Å²) in [5, 5.41) is 3.53. The number of nitrogens with one attached hydrogen (secondary N) is 1. The predicted octanol–water partition coefficient (Wildman–Crippen LogP) is 3.36. The summed E-state index contributed by atoms with van der Waals surface area (Å²) >= 11 is 0. The van der Waals surface area contributed by atoms with Gasteiger partial charge in [-0.25, -0.2) is 4.39 Å². The summed E-state index contributed by atoms with van der Waals surface area (Å²) in [6.45, 7) is 1.68. The van der Waals surface area contributed by atoms with Gasteiger partial charge in [-0.3, -0.25) is 0 Å². The van der Waals surface area contributed by atoms with Crippen LogP contribution in [-0.2, 0) is 11.2 Å². The van der Waals surface area contributed by atoms with Gasteiger partial charge in [-0.15, -0.1) is 0 Å². The maximum atomic E-state index is 13.1. The second-order valence-corrected chi connectivity index (χ2v) is 5.67. The first-order chi connectivity index (χ1) is 9.33. The van der Waals surface area contributed by atoms with Crippen LogP contribution in [0.25, 0.3) is 0 Å². The van der Waals surface area contributed by atoms with E-state index >= 15 is 0 Å². The zero-order chi connectivity index (χ0) is 13.1. The third kappa shape index (κ3) is 3.15. The third-order valence-electron chi connectivity index (χ3n) is 4.33. The summed E-state index contributed by atoms with van der Waals surface area (Å²) in [4.78, 5) is 0. The summed E-state index contributed by atoms with van der Waals surface area (Å²) in [5.41, 5.74) is 2.43. The van der Waals surface area contributed by atoms with Crippen molar-refractivity contribution >= 4 is 0 Å². The van der Waals surface area contributed by atoms with Crippen molar-refractivity contribution in [1.82, 2.24) is 5.32 Å². The Morgan fingerprint density at radius 1 is 1.21 bits per heavy atom. The van der Waals surface area contributed by atoms with Gasteiger partial charge < -0.3 is 10.1 Å². The third-order valence-corrected chi connectivity index (χ3v) is 4.33. The first kappa shape index (κ1) is 13.1. The van der Waals surface area contributed by atoms with Crippen molar-refractivity contribution in [1.29, 1.82) is 0 Å². The van der Waals surface area contributed by atoms with E-state index in [1.807, 2.05) is 6.07 Å².